The van der Waals surface area contributed by atoms with Gasteiger partial charge in [-0.1, -0.05) is 18.2 Å². The number of likely N-dealkylation sites (N-methyl/N-ethyl adjacent to an activating group) is 1. The molecule has 29 heavy (non-hydrogen) atoms. The molecule has 0 spiro atoms. The molecule has 0 saturated carbocycles. The molecule has 0 radical (unpaired) electrons. The number of carbonyl (C=O) groups excluding carboxylic acids is 1. The summed E-state index contributed by atoms with van der Waals surface area (Å²) in [4.78, 5) is 17.4. The summed E-state index contributed by atoms with van der Waals surface area (Å²) in [6.07, 6.45) is 2.90. The lowest BCUT2D eigenvalue weighted by Crippen LogP contribution is -2.50. The predicted molar refractivity (Wildman–Crippen MR) is 112 cm³/mol. The van der Waals surface area contributed by atoms with Crippen LogP contribution >= 0.6 is 0 Å². The number of amides is 1. The zero-order valence-corrected chi connectivity index (χ0v) is 17.3. The van der Waals surface area contributed by atoms with Crippen LogP contribution in [0.2, 0.25) is 0 Å². The van der Waals surface area contributed by atoms with Crippen LogP contribution in [0.1, 0.15) is 30.8 Å². The number of hydrogen-bond acceptors (Lipinski definition) is 5. The summed E-state index contributed by atoms with van der Waals surface area (Å²) in [6, 6.07) is 14.3. The molecule has 6 nitrogen and oxygen atoms in total. The van der Waals surface area contributed by atoms with Crippen LogP contribution in [0.3, 0.4) is 0 Å². The first-order chi connectivity index (χ1) is 14.1. The quantitative estimate of drug-likeness (QED) is 0.812. The van der Waals surface area contributed by atoms with Crippen molar-refractivity contribution in [3.8, 4) is 5.75 Å². The molecular formula is C23H31N3O3. The van der Waals surface area contributed by atoms with Gasteiger partial charge in [-0.25, -0.2) is 0 Å². The zero-order valence-electron chi connectivity index (χ0n) is 17.3. The molecule has 6 heteroatoms. The Bertz CT molecular complexity index is 799. The van der Waals surface area contributed by atoms with Gasteiger partial charge in [-0.15, -0.1) is 0 Å². The van der Waals surface area contributed by atoms with E-state index in [0.717, 1.165) is 62.7 Å². The van der Waals surface area contributed by atoms with Gasteiger partial charge in [0.2, 0.25) is 5.91 Å². The average molecular weight is 398 g/mol. The van der Waals surface area contributed by atoms with E-state index in [2.05, 4.69) is 21.2 Å². The molecule has 1 aromatic carbocycles. The van der Waals surface area contributed by atoms with Crippen molar-refractivity contribution in [1.82, 2.24) is 15.1 Å². The van der Waals surface area contributed by atoms with Crippen molar-refractivity contribution in [2.75, 3.05) is 26.7 Å². The number of carbonyl (C=O) groups is 1. The number of hydrogen-bond donors (Lipinski definition) is 1. The lowest BCUT2D eigenvalue weighted by molar-refractivity contribution is -0.126. The number of nitrogens with one attached hydrogen (secondary N) is 1. The van der Waals surface area contributed by atoms with E-state index in [9.17, 15) is 4.79 Å². The van der Waals surface area contributed by atoms with Gasteiger partial charge in [-0.2, -0.15) is 0 Å². The van der Waals surface area contributed by atoms with E-state index >= 15 is 0 Å². The second-order valence-corrected chi connectivity index (χ2v) is 8.14. The van der Waals surface area contributed by atoms with Crippen molar-refractivity contribution in [3.63, 3.8) is 0 Å². The molecule has 1 aromatic heterocycles. The standard InChI is InChI=1S/C23H31N3O3/c1-17-8-9-20(28-17)15-25-12-10-18(11-13-25)26-16-21(14-22(26)23(27)24-2)29-19-6-4-3-5-7-19/h3-9,18,21-22H,10-16H2,1-2H3,(H,24,27)/t21-,22-/m0/s1. The van der Waals surface area contributed by atoms with Crippen molar-refractivity contribution >= 4 is 5.91 Å². The van der Waals surface area contributed by atoms with Gasteiger partial charge in [0.05, 0.1) is 12.6 Å². The van der Waals surface area contributed by atoms with Gasteiger partial charge in [0.1, 0.15) is 23.4 Å². The van der Waals surface area contributed by atoms with Crippen LogP contribution < -0.4 is 10.1 Å². The van der Waals surface area contributed by atoms with Gasteiger partial charge in [-0.05, 0) is 44.0 Å². The number of aryl methyl sites for hydroxylation is 1. The summed E-state index contributed by atoms with van der Waals surface area (Å²) >= 11 is 0. The maximum Gasteiger partial charge on any atom is 0.237 e. The highest BCUT2D eigenvalue weighted by atomic mass is 16.5. The van der Waals surface area contributed by atoms with Crippen molar-refractivity contribution in [3.05, 3.63) is 54.0 Å². The summed E-state index contributed by atoms with van der Waals surface area (Å²) in [6.45, 7) is 5.68. The molecule has 4 rings (SSSR count). The van der Waals surface area contributed by atoms with Gasteiger partial charge >= 0.3 is 0 Å². The minimum absolute atomic E-state index is 0.0452. The van der Waals surface area contributed by atoms with Crippen LogP contribution in [0.25, 0.3) is 0 Å². The number of piperidine rings is 1. The third-order valence-corrected chi connectivity index (χ3v) is 6.10. The minimum atomic E-state index is -0.113. The van der Waals surface area contributed by atoms with Crippen molar-refractivity contribution < 1.29 is 13.9 Å². The van der Waals surface area contributed by atoms with Crippen molar-refractivity contribution in [1.29, 1.82) is 0 Å². The van der Waals surface area contributed by atoms with Gasteiger partial charge < -0.3 is 14.5 Å². The maximum atomic E-state index is 12.5. The van der Waals surface area contributed by atoms with Gasteiger partial charge in [0.15, 0.2) is 0 Å². The topological polar surface area (TPSA) is 58.0 Å². The van der Waals surface area contributed by atoms with E-state index in [1.807, 2.05) is 43.3 Å². The van der Waals surface area contributed by atoms with E-state index in [0.29, 0.717) is 6.04 Å². The Morgan fingerprint density at radius 3 is 2.59 bits per heavy atom. The SMILES string of the molecule is CNC(=O)[C@@H]1C[C@H](Oc2ccccc2)CN1C1CCN(Cc2ccc(C)o2)CC1. The van der Waals surface area contributed by atoms with E-state index in [4.69, 9.17) is 9.15 Å². The summed E-state index contributed by atoms with van der Waals surface area (Å²) in [7, 11) is 1.72. The lowest BCUT2D eigenvalue weighted by atomic mass is 10.0. The molecule has 0 aliphatic carbocycles. The van der Waals surface area contributed by atoms with Crippen LogP contribution in [0.4, 0.5) is 0 Å². The molecule has 2 saturated heterocycles. The summed E-state index contributed by atoms with van der Waals surface area (Å²) in [5, 5.41) is 2.85. The van der Waals surface area contributed by atoms with Gasteiger partial charge in [0, 0.05) is 39.1 Å². The fourth-order valence-corrected chi connectivity index (χ4v) is 4.63. The molecule has 2 aliphatic rings. The third kappa shape index (κ3) is 4.82. The summed E-state index contributed by atoms with van der Waals surface area (Å²) < 4.78 is 11.9. The first kappa shape index (κ1) is 20.0. The lowest BCUT2D eigenvalue weighted by Gasteiger charge is -2.38. The second-order valence-electron chi connectivity index (χ2n) is 8.14. The smallest absolute Gasteiger partial charge is 0.237 e. The monoisotopic (exact) mass is 397 g/mol. The molecule has 0 unspecified atom stereocenters. The number of para-hydroxylation sites is 1. The molecular weight excluding hydrogens is 366 g/mol. The van der Waals surface area contributed by atoms with E-state index in [-0.39, 0.29) is 18.1 Å². The van der Waals surface area contributed by atoms with E-state index < -0.39 is 0 Å². The van der Waals surface area contributed by atoms with Crippen LogP contribution in [0.5, 0.6) is 5.75 Å². The molecule has 2 aromatic rings. The fourth-order valence-electron chi connectivity index (χ4n) is 4.63. The molecule has 1 N–H and O–H groups in total. The molecule has 2 atom stereocenters. The van der Waals surface area contributed by atoms with Gasteiger partial charge in [0.25, 0.3) is 0 Å². The fraction of sp³-hybridized carbons (Fsp3) is 0.522. The van der Waals surface area contributed by atoms with Crippen LogP contribution in [0.15, 0.2) is 46.9 Å². The first-order valence-electron chi connectivity index (χ1n) is 10.6. The highest BCUT2D eigenvalue weighted by molar-refractivity contribution is 5.81. The largest absolute Gasteiger partial charge is 0.489 e. The number of rotatable bonds is 6. The second kappa shape index (κ2) is 9.01. The Balaban J connectivity index is 1.36. The highest BCUT2D eigenvalue weighted by Gasteiger charge is 2.41. The normalized spacial score (nSPS) is 23.9. The van der Waals surface area contributed by atoms with Crippen LogP contribution in [0, 0.1) is 6.92 Å². The number of likely N-dealkylation sites (tertiary alicyclic amines) is 2. The third-order valence-electron chi connectivity index (χ3n) is 6.10. The number of benzene rings is 1. The molecule has 2 aliphatic heterocycles. The highest BCUT2D eigenvalue weighted by Crippen LogP contribution is 2.29. The predicted octanol–water partition coefficient (Wildman–Crippen LogP) is 2.82. The summed E-state index contributed by atoms with van der Waals surface area (Å²) in [5.74, 6) is 2.96. The Morgan fingerprint density at radius 1 is 1.17 bits per heavy atom. The maximum absolute atomic E-state index is 12.5. The van der Waals surface area contributed by atoms with Crippen LogP contribution in [-0.4, -0.2) is 60.6 Å². The molecule has 156 valence electrons. The zero-order chi connectivity index (χ0) is 20.2. The molecule has 1 amide bonds. The van der Waals surface area contributed by atoms with E-state index in [1.54, 1.807) is 7.05 Å². The van der Waals surface area contributed by atoms with Crippen molar-refractivity contribution in [2.45, 2.75) is 50.9 Å². The van der Waals surface area contributed by atoms with E-state index in [1.165, 1.54) is 0 Å². The van der Waals surface area contributed by atoms with Crippen LogP contribution in [-0.2, 0) is 11.3 Å². The average Bonchev–Trinajstić information content (AvgIpc) is 3.35. The Hall–Kier alpha value is -2.31. The first-order valence-corrected chi connectivity index (χ1v) is 10.6. The Labute approximate surface area is 172 Å². The minimum Gasteiger partial charge on any atom is -0.489 e. The Morgan fingerprint density at radius 2 is 1.93 bits per heavy atom. The molecule has 0 bridgehead atoms. The number of ether oxygens (including phenoxy) is 1. The number of nitrogens with zero attached hydrogens (tertiary/aromatic N) is 2. The van der Waals surface area contributed by atoms with Gasteiger partial charge in [-0.3, -0.25) is 14.6 Å². The molecule has 3 heterocycles. The van der Waals surface area contributed by atoms with Crippen molar-refractivity contribution in [2.24, 2.45) is 0 Å². The summed E-state index contributed by atoms with van der Waals surface area (Å²) in [5.41, 5.74) is 0. The number of furan rings is 1. The molecule has 2 fully saturated rings. The Kier molecular flexibility index (Phi) is 6.21.